The van der Waals surface area contributed by atoms with Crippen LogP contribution in [0.5, 0.6) is 0 Å². The van der Waals surface area contributed by atoms with E-state index >= 15 is 0 Å². The lowest BCUT2D eigenvalue weighted by Crippen LogP contribution is -1.92. The second kappa shape index (κ2) is 5.40. The van der Waals surface area contributed by atoms with Crippen molar-refractivity contribution in [2.24, 2.45) is 0 Å². The number of anilines is 1. The van der Waals surface area contributed by atoms with Crippen molar-refractivity contribution >= 4 is 17.4 Å². The van der Waals surface area contributed by atoms with Gasteiger partial charge in [-0.25, -0.2) is 8.78 Å². The molecule has 1 nitrogen and oxygen atoms in total. The molecule has 0 heterocycles. The summed E-state index contributed by atoms with van der Waals surface area (Å²) in [5, 5.41) is 0. The summed E-state index contributed by atoms with van der Waals surface area (Å²) in [4.78, 5) is 0.879. The standard InChI is InChI=1S/C14H13F2NS/c1-9-2-5-14(13(17)6-9)18-8-10-7-11(15)3-4-12(10)16/h2-7H,8,17H2,1H3. The fraction of sp³-hybridized carbons (Fsp3) is 0.143. The molecule has 2 rings (SSSR count). The van der Waals surface area contributed by atoms with Crippen molar-refractivity contribution in [3.63, 3.8) is 0 Å². The van der Waals surface area contributed by atoms with E-state index in [0.29, 0.717) is 17.0 Å². The van der Waals surface area contributed by atoms with Crippen LogP contribution >= 0.6 is 11.8 Å². The Hall–Kier alpha value is -1.55. The quantitative estimate of drug-likeness (QED) is 0.666. The van der Waals surface area contributed by atoms with Gasteiger partial charge in [-0.2, -0.15) is 0 Å². The zero-order chi connectivity index (χ0) is 13.1. The zero-order valence-corrected chi connectivity index (χ0v) is 10.7. The van der Waals surface area contributed by atoms with Gasteiger partial charge in [0.2, 0.25) is 0 Å². The van der Waals surface area contributed by atoms with Gasteiger partial charge in [-0.3, -0.25) is 0 Å². The van der Waals surface area contributed by atoms with E-state index in [2.05, 4.69) is 0 Å². The SMILES string of the molecule is Cc1ccc(SCc2cc(F)ccc2F)c(N)c1. The monoisotopic (exact) mass is 265 g/mol. The minimum absolute atomic E-state index is 0.347. The molecule has 4 heteroatoms. The molecule has 0 saturated heterocycles. The molecule has 0 radical (unpaired) electrons. The summed E-state index contributed by atoms with van der Waals surface area (Å²) in [7, 11) is 0. The first kappa shape index (κ1) is 12.9. The number of nitrogens with two attached hydrogens (primary N) is 1. The highest BCUT2D eigenvalue weighted by atomic mass is 32.2. The maximum atomic E-state index is 13.4. The smallest absolute Gasteiger partial charge is 0.127 e. The van der Waals surface area contributed by atoms with Crippen molar-refractivity contribution in [3.05, 3.63) is 59.2 Å². The van der Waals surface area contributed by atoms with Crippen LogP contribution in [-0.2, 0) is 5.75 Å². The van der Waals surface area contributed by atoms with Crippen LogP contribution in [0.25, 0.3) is 0 Å². The molecule has 0 saturated carbocycles. The predicted molar refractivity (Wildman–Crippen MR) is 71.5 cm³/mol. The van der Waals surface area contributed by atoms with Crippen LogP contribution in [0, 0.1) is 18.6 Å². The van der Waals surface area contributed by atoms with Gasteiger partial charge in [0.1, 0.15) is 11.6 Å². The predicted octanol–water partition coefficient (Wildman–Crippen LogP) is 4.15. The minimum Gasteiger partial charge on any atom is -0.398 e. The highest BCUT2D eigenvalue weighted by Gasteiger charge is 2.06. The van der Waals surface area contributed by atoms with Gasteiger partial charge in [-0.1, -0.05) is 6.07 Å². The van der Waals surface area contributed by atoms with Gasteiger partial charge in [0.25, 0.3) is 0 Å². The normalized spacial score (nSPS) is 10.6. The minimum atomic E-state index is -0.427. The Balaban J connectivity index is 2.13. The van der Waals surface area contributed by atoms with Crippen molar-refractivity contribution in [3.8, 4) is 0 Å². The fourth-order valence-corrected chi connectivity index (χ4v) is 2.53. The molecule has 0 aliphatic heterocycles. The fourth-order valence-electron chi connectivity index (χ4n) is 1.61. The molecule has 0 aliphatic rings. The van der Waals surface area contributed by atoms with Gasteiger partial charge >= 0.3 is 0 Å². The van der Waals surface area contributed by atoms with Crippen LogP contribution in [0.15, 0.2) is 41.3 Å². The summed E-state index contributed by atoms with van der Waals surface area (Å²) in [5.41, 5.74) is 7.95. The first-order valence-corrected chi connectivity index (χ1v) is 6.47. The van der Waals surface area contributed by atoms with E-state index in [4.69, 9.17) is 5.73 Å². The number of halogens is 2. The Labute approximate surface area is 109 Å². The molecule has 0 fully saturated rings. The van der Waals surface area contributed by atoms with Crippen molar-refractivity contribution in [2.75, 3.05) is 5.73 Å². The van der Waals surface area contributed by atoms with Gasteiger partial charge in [0.05, 0.1) is 0 Å². The third-order valence-electron chi connectivity index (χ3n) is 2.56. The second-order valence-electron chi connectivity index (χ2n) is 4.07. The number of hydrogen-bond acceptors (Lipinski definition) is 2. The average Bonchev–Trinajstić information content (AvgIpc) is 2.32. The van der Waals surface area contributed by atoms with Gasteiger partial charge < -0.3 is 5.73 Å². The van der Waals surface area contributed by atoms with Crippen LogP contribution in [-0.4, -0.2) is 0 Å². The Morgan fingerprint density at radius 3 is 2.61 bits per heavy atom. The van der Waals surface area contributed by atoms with Crippen LogP contribution in [0.1, 0.15) is 11.1 Å². The van der Waals surface area contributed by atoms with E-state index in [1.165, 1.54) is 17.8 Å². The van der Waals surface area contributed by atoms with E-state index < -0.39 is 11.6 Å². The molecular weight excluding hydrogens is 252 g/mol. The number of aryl methyl sites for hydroxylation is 1. The highest BCUT2D eigenvalue weighted by Crippen LogP contribution is 2.29. The van der Waals surface area contributed by atoms with Crippen molar-refractivity contribution in [1.29, 1.82) is 0 Å². The summed E-state index contributed by atoms with van der Waals surface area (Å²) in [5.74, 6) is -0.463. The molecule has 2 aromatic carbocycles. The average molecular weight is 265 g/mol. The Morgan fingerprint density at radius 1 is 1.11 bits per heavy atom. The van der Waals surface area contributed by atoms with Gasteiger partial charge in [0, 0.05) is 21.9 Å². The molecule has 0 atom stereocenters. The van der Waals surface area contributed by atoms with E-state index in [1.54, 1.807) is 0 Å². The summed E-state index contributed by atoms with van der Waals surface area (Å²) < 4.78 is 26.4. The molecule has 94 valence electrons. The van der Waals surface area contributed by atoms with E-state index in [1.807, 2.05) is 25.1 Å². The third kappa shape index (κ3) is 3.01. The third-order valence-corrected chi connectivity index (χ3v) is 3.69. The molecule has 0 amide bonds. The van der Waals surface area contributed by atoms with Crippen LogP contribution in [0.4, 0.5) is 14.5 Å². The lowest BCUT2D eigenvalue weighted by atomic mass is 10.2. The van der Waals surface area contributed by atoms with Crippen molar-refractivity contribution < 1.29 is 8.78 Å². The summed E-state index contributed by atoms with van der Waals surface area (Å²) >= 11 is 1.40. The largest absolute Gasteiger partial charge is 0.398 e. The molecule has 2 N–H and O–H groups in total. The summed E-state index contributed by atoms with van der Waals surface area (Å²) in [6, 6.07) is 9.18. The van der Waals surface area contributed by atoms with Gasteiger partial charge in [-0.15, -0.1) is 11.8 Å². The Bertz CT molecular complexity index is 570. The number of rotatable bonds is 3. The number of thioether (sulfide) groups is 1. The van der Waals surface area contributed by atoms with Crippen LogP contribution < -0.4 is 5.73 Å². The first-order chi connectivity index (χ1) is 8.56. The van der Waals surface area contributed by atoms with Crippen LogP contribution in [0.3, 0.4) is 0 Å². The lowest BCUT2D eigenvalue weighted by molar-refractivity contribution is 0.591. The number of hydrogen-bond donors (Lipinski definition) is 1. The summed E-state index contributed by atoms with van der Waals surface area (Å²) in [6.07, 6.45) is 0. The first-order valence-electron chi connectivity index (χ1n) is 5.49. The molecule has 0 unspecified atom stereocenters. The zero-order valence-electron chi connectivity index (χ0n) is 9.91. The number of benzene rings is 2. The molecule has 18 heavy (non-hydrogen) atoms. The highest BCUT2D eigenvalue weighted by molar-refractivity contribution is 7.98. The molecule has 0 spiro atoms. The molecule has 0 bridgehead atoms. The van der Waals surface area contributed by atoms with E-state index in [9.17, 15) is 8.78 Å². The summed E-state index contributed by atoms with van der Waals surface area (Å²) in [6.45, 7) is 1.96. The molecule has 0 aromatic heterocycles. The maximum Gasteiger partial charge on any atom is 0.127 e. The Kier molecular flexibility index (Phi) is 3.87. The van der Waals surface area contributed by atoms with Crippen molar-refractivity contribution in [1.82, 2.24) is 0 Å². The van der Waals surface area contributed by atoms with Gasteiger partial charge in [0.15, 0.2) is 0 Å². The molecule has 2 aromatic rings. The Morgan fingerprint density at radius 2 is 1.89 bits per heavy atom. The van der Waals surface area contributed by atoms with E-state index in [0.717, 1.165) is 22.6 Å². The number of nitrogen functional groups attached to an aromatic ring is 1. The molecule has 0 aliphatic carbocycles. The maximum absolute atomic E-state index is 13.4. The lowest BCUT2D eigenvalue weighted by Gasteiger charge is -2.07. The van der Waals surface area contributed by atoms with Crippen LogP contribution in [0.2, 0.25) is 0 Å². The second-order valence-corrected chi connectivity index (χ2v) is 5.08. The topological polar surface area (TPSA) is 26.0 Å². The van der Waals surface area contributed by atoms with Crippen molar-refractivity contribution in [2.45, 2.75) is 17.6 Å². The van der Waals surface area contributed by atoms with E-state index in [-0.39, 0.29) is 0 Å². The molecular formula is C14H13F2NS. The van der Waals surface area contributed by atoms with Gasteiger partial charge in [-0.05, 0) is 42.8 Å².